The van der Waals surface area contributed by atoms with E-state index in [1.807, 2.05) is 13.2 Å². The van der Waals surface area contributed by atoms with Crippen molar-refractivity contribution < 1.29 is 13.5 Å². The fourth-order valence-corrected chi connectivity index (χ4v) is 6.53. The molecule has 19 heavy (non-hydrogen) atoms. The van der Waals surface area contributed by atoms with E-state index < -0.39 is 10.0 Å². The molecule has 1 atom stereocenters. The van der Waals surface area contributed by atoms with Gasteiger partial charge in [-0.1, -0.05) is 6.92 Å². The SMILES string of the molecule is CCC(CSC)N(C)S(=O)(=O)c1cc(CO)sc1Br. The van der Waals surface area contributed by atoms with Crippen LogP contribution in [0.5, 0.6) is 0 Å². The van der Waals surface area contributed by atoms with Crippen molar-refractivity contribution in [1.29, 1.82) is 0 Å². The molecule has 0 aliphatic rings. The molecule has 1 aromatic heterocycles. The number of sulfonamides is 1. The maximum atomic E-state index is 12.6. The lowest BCUT2D eigenvalue weighted by molar-refractivity contribution is 0.285. The first-order chi connectivity index (χ1) is 8.88. The van der Waals surface area contributed by atoms with Crippen LogP contribution in [0.2, 0.25) is 0 Å². The summed E-state index contributed by atoms with van der Waals surface area (Å²) in [6.07, 6.45) is 2.73. The molecule has 1 unspecified atom stereocenters. The van der Waals surface area contributed by atoms with E-state index in [0.717, 1.165) is 12.2 Å². The van der Waals surface area contributed by atoms with Crippen molar-refractivity contribution in [1.82, 2.24) is 4.31 Å². The highest BCUT2D eigenvalue weighted by molar-refractivity contribution is 9.11. The normalized spacial score (nSPS) is 14.0. The molecule has 0 aliphatic carbocycles. The summed E-state index contributed by atoms with van der Waals surface area (Å²) < 4.78 is 27.1. The number of aliphatic hydroxyl groups is 1. The van der Waals surface area contributed by atoms with E-state index in [2.05, 4.69) is 15.9 Å². The minimum atomic E-state index is -3.52. The number of halogens is 1. The third kappa shape index (κ3) is 3.95. The van der Waals surface area contributed by atoms with Crippen LogP contribution >= 0.6 is 39.0 Å². The second-order valence-corrected chi connectivity index (χ2v) is 9.38. The van der Waals surface area contributed by atoms with E-state index in [9.17, 15) is 8.42 Å². The van der Waals surface area contributed by atoms with Crippen molar-refractivity contribution in [3.8, 4) is 0 Å². The summed E-state index contributed by atoms with van der Waals surface area (Å²) in [5.74, 6) is 0.765. The lowest BCUT2D eigenvalue weighted by atomic mass is 10.3. The number of aliphatic hydroxyl groups excluding tert-OH is 1. The molecule has 4 nitrogen and oxygen atoms in total. The number of nitrogens with zero attached hydrogens (tertiary/aromatic N) is 1. The topological polar surface area (TPSA) is 57.6 Å². The molecular weight excluding hydrogens is 370 g/mol. The fourth-order valence-electron chi connectivity index (χ4n) is 1.68. The Labute approximate surface area is 131 Å². The van der Waals surface area contributed by atoms with Crippen molar-refractivity contribution in [3.63, 3.8) is 0 Å². The zero-order valence-corrected chi connectivity index (χ0v) is 15.1. The number of thioether (sulfide) groups is 1. The molecule has 1 rings (SSSR count). The Balaban J connectivity index is 3.11. The number of rotatable bonds is 7. The summed E-state index contributed by atoms with van der Waals surface area (Å²) in [7, 11) is -1.91. The Bertz CT molecular complexity index is 515. The molecule has 0 saturated heterocycles. The molecule has 0 saturated carbocycles. The first-order valence-corrected chi connectivity index (χ1v) is 10.2. The van der Waals surface area contributed by atoms with Crippen LogP contribution < -0.4 is 0 Å². The predicted octanol–water partition coefficient (Wildman–Crippen LogP) is 2.77. The highest BCUT2D eigenvalue weighted by Gasteiger charge is 2.29. The molecule has 0 fully saturated rings. The molecule has 0 aliphatic heterocycles. The van der Waals surface area contributed by atoms with Crippen LogP contribution in [-0.2, 0) is 16.6 Å². The van der Waals surface area contributed by atoms with E-state index in [0.29, 0.717) is 8.66 Å². The molecule has 0 radical (unpaired) electrons. The number of hydrogen-bond donors (Lipinski definition) is 1. The average Bonchev–Trinajstić information content (AvgIpc) is 2.77. The van der Waals surface area contributed by atoms with Gasteiger partial charge in [0, 0.05) is 23.7 Å². The molecule has 110 valence electrons. The smallest absolute Gasteiger partial charge is 0.245 e. The zero-order valence-electron chi connectivity index (χ0n) is 11.1. The van der Waals surface area contributed by atoms with Crippen LogP contribution in [-0.4, -0.2) is 42.9 Å². The standard InChI is InChI=1S/C11H18BrNO3S3/c1-4-8(7-17-3)13(2)19(15,16)10-5-9(6-14)18-11(10)12/h5,8,14H,4,6-7H2,1-3H3. The van der Waals surface area contributed by atoms with Gasteiger partial charge < -0.3 is 5.11 Å². The van der Waals surface area contributed by atoms with Crippen LogP contribution in [0.4, 0.5) is 0 Å². The van der Waals surface area contributed by atoms with Gasteiger partial charge in [-0.3, -0.25) is 0 Å². The average molecular weight is 388 g/mol. The first kappa shape index (κ1) is 17.5. The molecule has 0 bridgehead atoms. The maximum absolute atomic E-state index is 12.6. The molecule has 1 N–H and O–H groups in total. The summed E-state index contributed by atoms with van der Waals surface area (Å²) >= 11 is 6.15. The summed E-state index contributed by atoms with van der Waals surface area (Å²) in [6.45, 7) is 1.83. The van der Waals surface area contributed by atoms with E-state index >= 15 is 0 Å². The Hall–Kier alpha value is 0.400. The molecule has 8 heteroatoms. The largest absolute Gasteiger partial charge is 0.391 e. The minimum absolute atomic E-state index is 0.0237. The van der Waals surface area contributed by atoms with Crippen molar-refractivity contribution in [2.75, 3.05) is 19.1 Å². The van der Waals surface area contributed by atoms with E-state index in [4.69, 9.17) is 5.11 Å². The van der Waals surface area contributed by atoms with Gasteiger partial charge in [0.25, 0.3) is 0 Å². The second kappa shape index (κ2) is 7.42. The highest BCUT2D eigenvalue weighted by Crippen LogP contribution is 2.34. The number of thiophene rings is 1. The third-order valence-electron chi connectivity index (χ3n) is 2.86. The van der Waals surface area contributed by atoms with Crippen molar-refractivity contribution in [3.05, 3.63) is 14.7 Å². The zero-order chi connectivity index (χ0) is 14.6. The van der Waals surface area contributed by atoms with Crippen molar-refractivity contribution in [2.24, 2.45) is 0 Å². The van der Waals surface area contributed by atoms with Crippen LogP contribution in [0.1, 0.15) is 18.2 Å². The van der Waals surface area contributed by atoms with E-state index in [1.54, 1.807) is 18.8 Å². The van der Waals surface area contributed by atoms with Gasteiger partial charge in [-0.15, -0.1) is 11.3 Å². The predicted molar refractivity (Wildman–Crippen MR) is 85.4 cm³/mol. The van der Waals surface area contributed by atoms with Gasteiger partial charge in [-0.2, -0.15) is 16.1 Å². The third-order valence-corrected chi connectivity index (χ3v) is 7.73. The Morgan fingerprint density at radius 1 is 1.58 bits per heavy atom. The van der Waals surface area contributed by atoms with Crippen molar-refractivity contribution in [2.45, 2.75) is 30.9 Å². The molecule has 0 spiro atoms. The highest BCUT2D eigenvalue weighted by atomic mass is 79.9. The monoisotopic (exact) mass is 387 g/mol. The lowest BCUT2D eigenvalue weighted by Crippen LogP contribution is -2.38. The van der Waals surface area contributed by atoms with Gasteiger partial charge in [0.1, 0.15) is 4.90 Å². The Morgan fingerprint density at radius 3 is 2.63 bits per heavy atom. The first-order valence-electron chi connectivity index (χ1n) is 5.74. The van der Waals surface area contributed by atoms with Gasteiger partial charge in [-0.25, -0.2) is 8.42 Å². The van der Waals surface area contributed by atoms with E-state index in [1.165, 1.54) is 21.7 Å². The molecule has 1 heterocycles. The quantitative estimate of drug-likeness (QED) is 0.781. The summed E-state index contributed by atoms with van der Waals surface area (Å²) in [4.78, 5) is 0.875. The van der Waals surface area contributed by atoms with Crippen LogP contribution in [0.3, 0.4) is 0 Å². The maximum Gasteiger partial charge on any atom is 0.245 e. The van der Waals surface area contributed by atoms with Gasteiger partial charge in [-0.05, 0) is 34.7 Å². The van der Waals surface area contributed by atoms with Gasteiger partial charge in [0.15, 0.2) is 0 Å². The lowest BCUT2D eigenvalue weighted by Gasteiger charge is -2.25. The van der Waals surface area contributed by atoms with E-state index in [-0.39, 0.29) is 17.5 Å². The molecular formula is C11H18BrNO3S3. The summed E-state index contributed by atoms with van der Waals surface area (Å²) in [5.41, 5.74) is 0. The van der Waals surface area contributed by atoms with Crippen LogP contribution in [0.25, 0.3) is 0 Å². The Kier molecular flexibility index (Phi) is 6.82. The van der Waals surface area contributed by atoms with Crippen molar-refractivity contribution >= 4 is 49.1 Å². The van der Waals surface area contributed by atoms with Crippen LogP contribution in [0, 0.1) is 0 Å². The molecule has 0 amide bonds. The van der Waals surface area contributed by atoms with Gasteiger partial charge in [0.2, 0.25) is 10.0 Å². The second-order valence-electron chi connectivity index (χ2n) is 4.05. The summed E-state index contributed by atoms with van der Waals surface area (Å²) in [6, 6.07) is 1.51. The van der Waals surface area contributed by atoms with Gasteiger partial charge in [0.05, 0.1) is 10.4 Å². The fraction of sp³-hybridized carbons (Fsp3) is 0.636. The summed E-state index contributed by atoms with van der Waals surface area (Å²) in [5, 5.41) is 9.10. The van der Waals surface area contributed by atoms with Crippen LogP contribution in [0.15, 0.2) is 14.7 Å². The van der Waals surface area contributed by atoms with Gasteiger partial charge >= 0.3 is 0 Å². The molecule has 1 aromatic rings. The minimum Gasteiger partial charge on any atom is -0.391 e. The number of hydrogen-bond acceptors (Lipinski definition) is 5. The molecule has 0 aromatic carbocycles. The Morgan fingerprint density at radius 2 is 2.21 bits per heavy atom.